The lowest BCUT2D eigenvalue weighted by atomic mass is 10.1. The first-order valence-electron chi connectivity index (χ1n) is 8.66. The lowest BCUT2D eigenvalue weighted by Gasteiger charge is -2.33. The van der Waals surface area contributed by atoms with Gasteiger partial charge in [0.15, 0.2) is 5.78 Å². The van der Waals surface area contributed by atoms with E-state index >= 15 is 0 Å². The minimum absolute atomic E-state index is 0.0913. The first-order chi connectivity index (χ1) is 13.1. The zero-order valence-corrected chi connectivity index (χ0v) is 14.8. The van der Waals surface area contributed by atoms with E-state index in [0.29, 0.717) is 43.2 Å². The molecule has 0 spiro atoms. The number of Topliss-reactive ketones (excluding diaryl/α,β-unsaturated/α-hetero) is 1. The molecule has 1 aromatic heterocycles. The third kappa shape index (κ3) is 4.66. The molecule has 7 nitrogen and oxygen atoms in total. The fraction of sp³-hybridized carbons (Fsp3) is 0.316. The van der Waals surface area contributed by atoms with Crippen LogP contribution in [0.1, 0.15) is 16.1 Å². The molecule has 1 aliphatic heterocycles. The maximum Gasteiger partial charge on any atom is 0.325 e. The van der Waals surface area contributed by atoms with Crippen molar-refractivity contribution in [1.82, 2.24) is 9.88 Å². The van der Waals surface area contributed by atoms with Gasteiger partial charge in [-0.2, -0.15) is 0 Å². The number of hydrogen-bond acceptors (Lipinski definition) is 5. The van der Waals surface area contributed by atoms with Crippen LogP contribution < -0.4 is 10.6 Å². The average Bonchev–Trinajstić information content (AvgIpc) is 2.72. The number of carbonyl (C=O) groups is 2. The number of ether oxygens (including phenoxy) is 1. The minimum atomic E-state index is -0.427. The van der Waals surface area contributed by atoms with E-state index in [9.17, 15) is 14.0 Å². The number of benzene rings is 1. The van der Waals surface area contributed by atoms with Crippen molar-refractivity contribution in [2.75, 3.05) is 37.7 Å². The van der Waals surface area contributed by atoms with Crippen molar-refractivity contribution in [3.05, 3.63) is 59.7 Å². The Hall–Kier alpha value is -2.84. The van der Waals surface area contributed by atoms with Crippen molar-refractivity contribution in [2.24, 2.45) is 5.73 Å². The summed E-state index contributed by atoms with van der Waals surface area (Å²) in [6.07, 6.45) is 1.44. The van der Waals surface area contributed by atoms with Gasteiger partial charge in [-0.1, -0.05) is 6.07 Å². The third-order valence-corrected chi connectivity index (χ3v) is 4.28. The second-order valence-corrected chi connectivity index (χ2v) is 6.11. The van der Waals surface area contributed by atoms with Crippen molar-refractivity contribution in [2.45, 2.75) is 6.54 Å². The van der Waals surface area contributed by atoms with Gasteiger partial charge >= 0.3 is 6.03 Å². The monoisotopic (exact) mass is 372 g/mol. The largest absolute Gasteiger partial charge is 0.378 e. The molecule has 1 fully saturated rings. The minimum Gasteiger partial charge on any atom is -0.378 e. The molecular formula is C19H21FN4O3. The number of aromatic nitrogens is 1. The number of halogens is 1. The quantitative estimate of drug-likeness (QED) is 0.809. The van der Waals surface area contributed by atoms with E-state index in [1.54, 1.807) is 29.2 Å². The van der Waals surface area contributed by atoms with Crippen molar-refractivity contribution in [3.63, 3.8) is 0 Å². The van der Waals surface area contributed by atoms with E-state index in [1.807, 2.05) is 0 Å². The highest BCUT2D eigenvalue weighted by Crippen LogP contribution is 2.20. The molecular weight excluding hydrogens is 351 g/mol. The van der Waals surface area contributed by atoms with E-state index in [1.165, 1.54) is 23.2 Å². The number of amides is 2. The molecule has 1 aliphatic rings. The molecule has 142 valence electrons. The molecule has 2 amide bonds. The summed E-state index contributed by atoms with van der Waals surface area (Å²) in [5.74, 6) is -0.635. The number of nitrogens with zero attached hydrogens (tertiary/aromatic N) is 3. The average molecular weight is 372 g/mol. The number of anilines is 1. The molecule has 0 radical (unpaired) electrons. The SMILES string of the molecule is NCC(=O)c1ccc(CN(C(=O)N2CCOCC2)c2cccc(F)c2)nc1. The number of pyridine rings is 1. The molecule has 0 unspecified atom stereocenters. The van der Waals surface area contributed by atoms with Crippen molar-refractivity contribution in [3.8, 4) is 0 Å². The summed E-state index contributed by atoms with van der Waals surface area (Å²) >= 11 is 0. The maximum absolute atomic E-state index is 13.7. The number of carbonyl (C=O) groups excluding carboxylic acids is 2. The van der Waals surface area contributed by atoms with Crippen LogP contribution in [0, 0.1) is 5.82 Å². The number of nitrogens with two attached hydrogens (primary N) is 1. The topological polar surface area (TPSA) is 88.8 Å². The molecule has 27 heavy (non-hydrogen) atoms. The number of rotatable bonds is 5. The Morgan fingerprint density at radius 2 is 2.00 bits per heavy atom. The summed E-state index contributed by atoms with van der Waals surface area (Å²) in [4.78, 5) is 32.0. The summed E-state index contributed by atoms with van der Waals surface area (Å²) in [5, 5.41) is 0. The second kappa shape index (κ2) is 8.70. The lowest BCUT2D eigenvalue weighted by Crippen LogP contribution is -2.48. The molecule has 0 atom stereocenters. The number of ketones is 1. The fourth-order valence-corrected chi connectivity index (χ4v) is 2.80. The van der Waals surface area contributed by atoms with Crippen LogP contribution in [0.3, 0.4) is 0 Å². The van der Waals surface area contributed by atoms with Crippen LogP contribution in [-0.4, -0.2) is 54.5 Å². The van der Waals surface area contributed by atoms with E-state index in [-0.39, 0.29) is 24.9 Å². The standard InChI is InChI=1S/C19H21FN4O3/c20-15-2-1-3-17(10-15)24(19(26)23-6-8-27-9-7-23)13-16-5-4-14(12-22-16)18(25)11-21/h1-5,10,12H,6-9,11,13,21H2. The molecule has 3 rings (SSSR count). The first-order valence-corrected chi connectivity index (χ1v) is 8.66. The van der Waals surface area contributed by atoms with Crippen LogP contribution in [-0.2, 0) is 11.3 Å². The fourth-order valence-electron chi connectivity index (χ4n) is 2.80. The molecule has 2 N–H and O–H groups in total. The van der Waals surface area contributed by atoms with Crippen molar-refractivity contribution < 1.29 is 18.7 Å². The van der Waals surface area contributed by atoms with Crippen LogP contribution in [0.5, 0.6) is 0 Å². The van der Waals surface area contributed by atoms with Crippen molar-refractivity contribution >= 4 is 17.5 Å². The van der Waals surface area contributed by atoms with Gasteiger partial charge in [-0.3, -0.25) is 14.7 Å². The number of hydrogen-bond donors (Lipinski definition) is 1. The molecule has 1 saturated heterocycles. The highest BCUT2D eigenvalue weighted by atomic mass is 19.1. The molecule has 1 aromatic carbocycles. The van der Waals surface area contributed by atoms with Gasteiger partial charge in [-0.05, 0) is 30.3 Å². The first kappa shape index (κ1) is 18.9. The molecule has 2 aromatic rings. The number of morpholine rings is 1. The van der Waals surface area contributed by atoms with Gasteiger partial charge < -0.3 is 15.4 Å². The zero-order valence-electron chi connectivity index (χ0n) is 14.8. The molecule has 0 aliphatic carbocycles. The normalized spacial score (nSPS) is 14.1. The Bertz CT molecular complexity index is 807. The predicted molar refractivity (Wildman–Crippen MR) is 98.0 cm³/mol. The van der Waals surface area contributed by atoms with Gasteiger partial charge in [0.25, 0.3) is 0 Å². The highest BCUT2D eigenvalue weighted by molar-refractivity contribution is 5.97. The molecule has 2 heterocycles. The van der Waals surface area contributed by atoms with Gasteiger partial charge in [0.2, 0.25) is 0 Å². The van der Waals surface area contributed by atoms with Crippen molar-refractivity contribution in [1.29, 1.82) is 0 Å². The Morgan fingerprint density at radius 1 is 1.22 bits per heavy atom. The summed E-state index contributed by atoms with van der Waals surface area (Å²) in [5.41, 5.74) is 6.79. The molecule has 0 bridgehead atoms. The van der Waals surface area contributed by atoms with Crippen LogP contribution in [0.25, 0.3) is 0 Å². The molecule has 0 saturated carbocycles. The van der Waals surface area contributed by atoms with Crippen LogP contribution in [0.4, 0.5) is 14.9 Å². The highest BCUT2D eigenvalue weighted by Gasteiger charge is 2.25. The van der Waals surface area contributed by atoms with Gasteiger partial charge in [0.05, 0.1) is 32.0 Å². The van der Waals surface area contributed by atoms with E-state index < -0.39 is 5.82 Å². The lowest BCUT2D eigenvalue weighted by molar-refractivity contribution is 0.0548. The van der Waals surface area contributed by atoms with Crippen LogP contribution >= 0.6 is 0 Å². The Labute approximate surface area is 156 Å². The van der Waals surface area contributed by atoms with E-state index in [2.05, 4.69) is 4.98 Å². The van der Waals surface area contributed by atoms with Crippen LogP contribution in [0.15, 0.2) is 42.6 Å². The number of urea groups is 1. The summed E-state index contributed by atoms with van der Waals surface area (Å²) in [7, 11) is 0. The van der Waals surface area contributed by atoms with Gasteiger partial charge in [0.1, 0.15) is 5.82 Å². The van der Waals surface area contributed by atoms with Gasteiger partial charge in [-0.15, -0.1) is 0 Å². The van der Waals surface area contributed by atoms with Gasteiger partial charge in [-0.25, -0.2) is 9.18 Å². The van der Waals surface area contributed by atoms with Crippen LogP contribution in [0.2, 0.25) is 0 Å². The zero-order chi connectivity index (χ0) is 19.2. The van der Waals surface area contributed by atoms with E-state index in [0.717, 1.165) is 0 Å². The smallest absolute Gasteiger partial charge is 0.325 e. The maximum atomic E-state index is 13.7. The predicted octanol–water partition coefficient (Wildman–Crippen LogP) is 1.82. The Kier molecular flexibility index (Phi) is 6.10. The molecule has 8 heteroatoms. The van der Waals surface area contributed by atoms with Gasteiger partial charge in [0, 0.05) is 30.5 Å². The summed E-state index contributed by atoms with van der Waals surface area (Å²) < 4.78 is 19.0. The Morgan fingerprint density at radius 3 is 2.63 bits per heavy atom. The second-order valence-electron chi connectivity index (χ2n) is 6.11. The Balaban J connectivity index is 1.85. The summed E-state index contributed by atoms with van der Waals surface area (Å²) in [6, 6.07) is 8.92. The van der Waals surface area contributed by atoms with E-state index in [4.69, 9.17) is 10.5 Å². The summed E-state index contributed by atoms with van der Waals surface area (Å²) in [6.45, 7) is 1.94. The third-order valence-electron chi connectivity index (χ3n) is 4.28.